The van der Waals surface area contributed by atoms with Gasteiger partial charge in [0.1, 0.15) is 6.10 Å². The Labute approximate surface area is 298 Å². The van der Waals surface area contributed by atoms with E-state index in [-0.39, 0.29) is 70.0 Å². The fourth-order valence-electron chi connectivity index (χ4n) is 5.21. The van der Waals surface area contributed by atoms with Gasteiger partial charge in [-0.25, -0.2) is 13.1 Å². The highest BCUT2D eigenvalue weighted by atomic mass is 35.5. The minimum Gasteiger partial charge on any atom is -0.382 e. The van der Waals surface area contributed by atoms with Crippen LogP contribution in [-0.4, -0.2) is 127 Å². The molecule has 49 heavy (non-hydrogen) atoms. The SMILES string of the molecule is CCOCCCC(=O)[C@H](O)[C@@H](O)C(=O)NCCOCCOCCOCCNS(=O)(=O)c1cccc([C@@H]2CN(C)Cc3c(Cl)cc(Cl)cc32)c1. The van der Waals surface area contributed by atoms with E-state index in [4.69, 9.17) is 42.1 Å². The zero-order chi connectivity index (χ0) is 35.8. The van der Waals surface area contributed by atoms with E-state index in [1.54, 1.807) is 24.3 Å². The van der Waals surface area contributed by atoms with Crippen LogP contribution in [0.15, 0.2) is 41.3 Å². The second-order valence-corrected chi connectivity index (χ2v) is 14.1. The third-order valence-electron chi connectivity index (χ3n) is 7.70. The molecule has 2 aromatic rings. The van der Waals surface area contributed by atoms with Crippen molar-refractivity contribution >= 4 is 44.9 Å². The van der Waals surface area contributed by atoms with E-state index in [0.29, 0.717) is 42.8 Å². The number of ketones is 1. The summed E-state index contributed by atoms with van der Waals surface area (Å²) in [5.41, 5.74) is 2.83. The largest absolute Gasteiger partial charge is 0.382 e. The molecular weight excluding hydrogens is 701 g/mol. The molecule has 0 radical (unpaired) electrons. The number of aliphatic hydroxyl groups excluding tert-OH is 2. The second kappa shape index (κ2) is 21.2. The Morgan fingerprint density at radius 1 is 0.939 bits per heavy atom. The van der Waals surface area contributed by atoms with Crippen LogP contribution < -0.4 is 10.0 Å². The van der Waals surface area contributed by atoms with Crippen molar-refractivity contribution < 1.29 is 47.2 Å². The molecule has 0 saturated carbocycles. The van der Waals surface area contributed by atoms with Crippen LogP contribution in [0.1, 0.15) is 42.4 Å². The van der Waals surface area contributed by atoms with E-state index in [2.05, 4.69) is 14.9 Å². The number of Topliss-reactive ketones (excluding diaryl/α,β-unsaturated/α-hetero) is 1. The Hall–Kier alpha value is -2.21. The Kier molecular flexibility index (Phi) is 17.9. The molecule has 1 aliphatic heterocycles. The minimum absolute atomic E-state index is 0.00357. The molecule has 13 nitrogen and oxygen atoms in total. The number of sulfonamides is 1. The molecule has 0 spiro atoms. The van der Waals surface area contributed by atoms with E-state index in [0.717, 1.165) is 16.7 Å². The summed E-state index contributed by atoms with van der Waals surface area (Å²) < 4.78 is 50.0. The molecule has 1 amide bonds. The molecule has 0 saturated heterocycles. The van der Waals surface area contributed by atoms with Gasteiger partial charge in [0.15, 0.2) is 11.9 Å². The predicted molar refractivity (Wildman–Crippen MR) is 184 cm³/mol. The molecule has 3 rings (SSSR count). The first-order valence-electron chi connectivity index (χ1n) is 16.2. The standard InChI is InChI=1S/C33H47Cl2N3O10S/c1-3-45-11-5-8-30(39)31(40)32(41)33(42)36-9-12-46-14-16-48-17-15-47-13-10-37-49(43,44)25-7-4-6-23(18-25)27-21-38(2)22-28-26(27)19-24(34)20-29(28)35/h4,6-7,18-20,27,31-32,37,40-41H,3,5,8-17,21-22H2,1-2H3,(H,36,42)/t27-,31-,32+/m0/s1. The van der Waals surface area contributed by atoms with Gasteiger partial charge in [-0.15, -0.1) is 0 Å². The van der Waals surface area contributed by atoms with Gasteiger partial charge in [0.2, 0.25) is 10.0 Å². The van der Waals surface area contributed by atoms with Gasteiger partial charge in [0, 0.05) is 61.8 Å². The van der Waals surface area contributed by atoms with Gasteiger partial charge >= 0.3 is 0 Å². The highest BCUT2D eigenvalue weighted by Gasteiger charge is 2.30. The number of carbonyl (C=O) groups excluding carboxylic acids is 2. The van der Waals surface area contributed by atoms with Gasteiger partial charge < -0.3 is 39.4 Å². The Bertz CT molecular complexity index is 1470. The number of halogens is 2. The maximum absolute atomic E-state index is 13.0. The number of nitrogens with one attached hydrogen (secondary N) is 2. The van der Waals surface area contributed by atoms with Gasteiger partial charge in [-0.2, -0.15) is 0 Å². The lowest BCUT2D eigenvalue weighted by molar-refractivity contribution is -0.145. The topological polar surface area (TPSA) is 173 Å². The average molecular weight is 749 g/mol. The summed E-state index contributed by atoms with van der Waals surface area (Å²) >= 11 is 12.8. The molecule has 0 aromatic heterocycles. The molecule has 0 aliphatic carbocycles. The first kappa shape index (κ1) is 41.2. The Morgan fingerprint density at radius 3 is 2.31 bits per heavy atom. The lowest BCUT2D eigenvalue weighted by Gasteiger charge is -2.33. The van der Waals surface area contributed by atoms with Gasteiger partial charge in [0.05, 0.1) is 44.5 Å². The minimum atomic E-state index is -3.78. The van der Waals surface area contributed by atoms with Crippen LogP contribution in [-0.2, 0) is 45.1 Å². The highest BCUT2D eigenvalue weighted by Crippen LogP contribution is 2.38. The quantitative estimate of drug-likeness (QED) is 0.123. The normalized spacial score (nSPS) is 16.2. The van der Waals surface area contributed by atoms with Crippen LogP contribution in [0.2, 0.25) is 10.0 Å². The van der Waals surface area contributed by atoms with Crippen molar-refractivity contribution in [3.8, 4) is 0 Å². The highest BCUT2D eigenvalue weighted by molar-refractivity contribution is 7.89. The van der Waals surface area contributed by atoms with Crippen LogP contribution >= 0.6 is 23.2 Å². The predicted octanol–water partition coefficient (Wildman–Crippen LogP) is 2.12. The Morgan fingerprint density at radius 2 is 1.61 bits per heavy atom. The van der Waals surface area contributed by atoms with E-state index in [1.165, 1.54) is 0 Å². The molecule has 2 aromatic carbocycles. The molecule has 0 bridgehead atoms. The first-order valence-corrected chi connectivity index (χ1v) is 18.4. The number of aliphatic hydroxyl groups is 2. The van der Waals surface area contributed by atoms with Crippen LogP contribution in [0.3, 0.4) is 0 Å². The van der Waals surface area contributed by atoms with E-state index in [1.807, 2.05) is 26.1 Å². The van der Waals surface area contributed by atoms with Gasteiger partial charge in [-0.05, 0) is 61.3 Å². The third-order valence-corrected chi connectivity index (χ3v) is 9.72. The fraction of sp³-hybridized carbons (Fsp3) is 0.576. The number of amides is 1. The summed E-state index contributed by atoms with van der Waals surface area (Å²) in [6.07, 6.45) is -3.28. The molecule has 3 atom stereocenters. The summed E-state index contributed by atoms with van der Waals surface area (Å²) in [4.78, 5) is 26.2. The van der Waals surface area contributed by atoms with Crippen molar-refractivity contribution in [2.24, 2.45) is 0 Å². The van der Waals surface area contributed by atoms with Crippen LogP contribution in [0, 0.1) is 0 Å². The monoisotopic (exact) mass is 747 g/mol. The van der Waals surface area contributed by atoms with Crippen molar-refractivity contribution in [2.75, 3.05) is 79.5 Å². The lowest BCUT2D eigenvalue weighted by atomic mass is 9.85. The molecule has 1 aliphatic rings. The number of fused-ring (bicyclic) bond motifs is 1. The maximum Gasteiger partial charge on any atom is 0.252 e. The lowest BCUT2D eigenvalue weighted by Crippen LogP contribution is -2.46. The Balaban J connectivity index is 1.26. The summed E-state index contributed by atoms with van der Waals surface area (Å²) in [5, 5.41) is 23.3. The molecule has 0 fully saturated rings. The number of rotatable bonds is 23. The first-order chi connectivity index (χ1) is 23.4. The number of likely N-dealkylation sites (N-methyl/N-ethyl adjacent to an activating group) is 1. The number of nitrogens with zero attached hydrogens (tertiary/aromatic N) is 1. The summed E-state index contributed by atoms with van der Waals surface area (Å²) in [5.74, 6) is -1.59. The van der Waals surface area contributed by atoms with Crippen LogP contribution in [0.5, 0.6) is 0 Å². The summed E-state index contributed by atoms with van der Waals surface area (Å²) in [7, 11) is -1.79. The fourth-order valence-corrected chi connectivity index (χ4v) is 6.85. The molecule has 274 valence electrons. The number of hydrogen-bond donors (Lipinski definition) is 4. The molecule has 0 unspecified atom stereocenters. The maximum atomic E-state index is 13.0. The average Bonchev–Trinajstić information content (AvgIpc) is 3.08. The smallest absolute Gasteiger partial charge is 0.252 e. The van der Waals surface area contributed by atoms with E-state index < -0.39 is 33.9 Å². The van der Waals surface area contributed by atoms with Crippen LogP contribution in [0.4, 0.5) is 0 Å². The number of ether oxygens (including phenoxy) is 4. The van der Waals surface area contributed by atoms with Crippen LogP contribution in [0.25, 0.3) is 0 Å². The molecule has 1 heterocycles. The second-order valence-electron chi connectivity index (χ2n) is 11.5. The zero-order valence-corrected chi connectivity index (χ0v) is 30.2. The van der Waals surface area contributed by atoms with Gasteiger partial charge in [-0.3, -0.25) is 9.59 Å². The number of hydrogen-bond acceptors (Lipinski definition) is 11. The third kappa shape index (κ3) is 13.5. The number of carbonyl (C=O) groups is 2. The summed E-state index contributed by atoms with van der Waals surface area (Å²) in [6.45, 7) is 5.51. The number of benzene rings is 2. The van der Waals surface area contributed by atoms with E-state index in [9.17, 15) is 28.2 Å². The van der Waals surface area contributed by atoms with Crippen molar-refractivity contribution in [2.45, 2.75) is 49.3 Å². The van der Waals surface area contributed by atoms with Gasteiger partial charge in [0.25, 0.3) is 5.91 Å². The van der Waals surface area contributed by atoms with Crippen molar-refractivity contribution in [1.29, 1.82) is 0 Å². The van der Waals surface area contributed by atoms with E-state index >= 15 is 0 Å². The molecular formula is C33H47Cl2N3O10S. The van der Waals surface area contributed by atoms with Crippen molar-refractivity contribution in [3.63, 3.8) is 0 Å². The van der Waals surface area contributed by atoms with Crippen molar-refractivity contribution in [1.82, 2.24) is 14.9 Å². The van der Waals surface area contributed by atoms with Crippen molar-refractivity contribution in [3.05, 3.63) is 63.1 Å². The van der Waals surface area contributed by atoms with Gasteiger partial charge in [-0.1, -0.05) is 35.3 Å². The molecule has 16 heteroatoms. The molecule has 4 N–H and O–H groups in total. The zero-order valence-electron chi connectivity index (χ0n) is 27.9. The summed E-state index contributed by atoms with van der Waals surface area (Å²) in [6, 6.07) is 10.5.